The van der Waals surface area contributed by atoms with Crippen LogP contribution in [-0.4, -0.2) is 46.8 Å². The summed E-state index contributed by atoms with van der Waals surface area (Å²) in [6.45, 7) is 4.08. The molecule has 1 aliphatic heterocycles. The van der Waals surface area contributed by atoms with Crippen molar-refractivity contribution in [1.82, 2.24) is 20.0 Å². The molecule has 5 heteroatoms. The third kappa shape index (κ3) is 2.61. The first-order valence-corrected chi connectivity index (χ1v) is 6.73. The maximum Gasteiger partial charge on any atom is 0.224 e. The van der Waals surface area contributed by atoms with Crippen molar-refractivity contribution in [2.75, 3.05) is 26.2 Å². The van der Waals surface area contributed by atoms with E-state index < -0.39 is 0 Å². The highest BCUT2D eigenvalue weighted by atomic mass is 16.2. The molecule has 100 valence electrons. The third-order valence-electron chi connectivity index (χ3n) is 3.56. The number of rotatable bonds is 3. The van der Waals surface area contributed by atoms with Gasteiger partial charge in [0.15, 0.2) is 0 Å². The molecule has 0 spiro atoms. The Kier molecular flexibility index (Phi) is 3.46. The lowest BCUT2D eigenvalue weighted by Gasteiger charge is -2.27. The Morgan fingerprint density at radius 2 is 2.05 bits per heavy atom. The second-order valence-electron chi connectivity index (χ2n) is 4.81. The number of amides is 1. The molecule has 3 rings (SSSR count). The van der Waals surface area contributed by atoms with E-state index in [9.17, 15) is 4.79 Å². The minimum atomic E-state index is 0.223. The summed E-state index contributed by atoms with van der Waals surface area (Å²) in [5.74, 6) is 0.223. The molecule has 2 heterocycles. The molecule has 0 radical (unpaired) electrons. The zero-order valence-electron chi connectivity index (χ0n) is 10.9. The van der Waals surface area contributed by atoms with Crippen LogP contribution in [0.4, 0.5) is 0 Å². The van der Waals surface area contributed by atoms with Gasteiger partial charge in [0.25, 0.3) is 0 Å². The Morgan fingerprint density at radius 1 is 1.26 bits per heavy atom. The molecular weight excluding hydrogens is 240 g/mol. The lowest BCUT2D eigenvalue weighted by atomic mass is 10.2. The van der Waals surface area contributed by atoms with Crippen LogP contribution in [0.5, 0.6) is 0 Å². The number of aryl methyl sites for hydroxylation is 1. The molecule has 5 nitrogen and oxygen atoms in total. The van der Waals surface area contributed by atoms with Gasteiger partial charge in [0.2, 0.25) is 5.91 Å². The summed E-state index contributed by atoms with van der Waals surface area (Å²) in [4.78, 5) is 14.0. The van der Waals surface area contributed by atoms with E-state index in [1.165, 1.54) is 0 Å². The van der Waals surface area contributed by atoms with Crippen LogP contribution < -0.4 is 5.32 Å². The number of aromatic nitrogens is 2. The van der Waals surface area contributed by atoms with Crippen LogP contribution in [-0.2, 0) is 11.3 Å². The van der Waals surface area contributed by atoms with E-state index in [2.05, 4.69) is 10.4 Å². The average molecular weight is 258 g/mol. The first-order valence-electron chi connectivity index (χ1n) is 6.73. The zero-order valence-corrected chi connectivity index (χ0v) is 10.9. The van der Waals surface area contributed by atoms with Crippen molar-refractivity contribution in [3.63, 3.8) is 0 Å². The van der Waals surface area contributed by atoms with Crippen LogP contribution in [0.3, 0.4) is 0 Å². The van der Waals surface area contributed by atoms with Crippen LogP contribution in [0, 0.1) is 0 Å². The van der Waals surface area contributed by atoms with Crippen LogP contribution in [0.2, 0.25) is 0 Å². The number of carbonyl (C=O) groups is 1. The molecule has 1 amide bonds. The summed E-state index contributed by atoms with van der Waals surface area (Å²) >= 11 is 0. The number of fused-ring (bicyclic) bond motifs is 1. The summed E-state index contributed by atoms with van der Waals surface area (Å²) in [6.07, 6.45) is 2.37. The fraction of sp³-hybridized carbons (Fsp3) is 0.429. The van der Waals surface area contributed by atoms with E-state index in [0.29, 0.717) is 13.0 Å². The van der Waals surface area contributed by atoms with E-state index in [0.717, 1.165) is 37.1 Å². The number of nitrogens with zero attached hydrogens (tertiary/aromatic N) is 3. The summed E-state index contributed by atoms with van der Waals surface area (Å²) < 4.78 is 1.91. The van der Waals surface area contributed by atoms with E-state index in [1.54, 1.807) is 0 Å². The quantitative estimate of drug-likeness (QED) is 0.888. The Hall–Kier alpha value is -1.88. The van der Waals surface area contributed by atoms with Gasteiger partial charge in [0.05, 0.1) is 18.3 Å². The summed E-state index contributed by atoms with van der Waals surface area (Å²) in [5, 5.41) is 8.72. The Morgan fingerprint density at radius 3 is 2.89 bits per heavy atom. The molecule has 0 saturated carbocycles. The van der Waals surface area contributed by atoms with Crippen LogP contribution in [0.15, 0.2) is 30.5 Å². The molecule has 0 atom stereocenters. The minimum absolute atomic E-state index is 0.223. The van der Waals surface area contributed by atoms with Gasteiger partial charge in [0.1, 0.15) is 0 Å². The van der Waals surface area contributed by atoms with Crippen molar-refractivity contribution in [1.29, 1.82) is 0 Å². The summed E-state index contributed by atoms with van der Waals surface area (Å²) in [7, 11) is 0. The average Bonchev–Trinajstić information content (AvgIpc) is 2.89. The van der Waals surface area contributed by atoms with Gasteiger partial charge in [-0.05, 0) is 6.07 Å². The van der Waals surface area contributed by atoms with Crippen molar-refractivity contribution in [2.45, 2.75) is 13.0 Å². The minimum Gasteiger partial charge on any atom is -0.340 e. The Balaban J connectivity index is 1.64. The van der Waals surface area contributed by atoms with Gasteiger partial charge < -0.3 is 10.2 Å². The second-order valence-corrected chi connectivity index (χ2v) is 4.81. The monoisotopic (exact) mass is 258 g/mol. The van der Waals surface area contributed by atoms with Gasteiger partial charge in [0, 0.05) is 38.0 Å². The Bertz CT molecular complexity index is 572. The highest BCUT2D eigenvalue weighted by Gasteiger charge is 2.16. The predicted octanol–water partition coefficient (Wildman–Crippen LogP) is 0.858. The van der Waals surface area contributed by atoms with Gasteiger partial charge in [-0.3, -0.25) is 9.48 Å². The van der Waals surface area contributed by atoms with Gasteiger partial charge in [-0.15, -0.1) is 0 Å². The lowest BCUT2D eigenvalue weighted by Crippen LogP contribution is -2.46. The van der Waals surface area contributed by atoms with Crippen LogP contribution >= 0.6 is 0 Å². The number of piperazine rings is 1. The fourth-order valence-corrected chi connectivity index (χ4v) is 2.48. The molecule has 0 bridgehead atoms. The number of hydrogen-bond donors (Lipinski definition) is 1. The standard InChI is InChI=1S/C14H18N4O/c19-14(17-9-6-15-7-10-17)5-8-18-13-4-2-1-3-12(13)11-16-18/h1-4,11,15H,5-10H2. The molecule has 1 fully saturated rings. The SMILES string of the molecule is O=C(CCn1ncc2ccccc21)N1CCNCC1. The second kappa shape index (κ2) is 5.40. The molecule has 2 aromatic rings. The van der Waals surface area contributed by atoms with E-state index in [4.69, 9.17) is 0 Å². The fourth-order valence-electron chi connectivity index (χ4n) is 2.48. The molecule has 1 aromatic carbocycles. The first kappa shape index (κ1) is 12.2. The number of hydrogen-bond acceptors (Lipinski definition) is 3. The molecule has 19 heavy (non-hydrogen) atoms. The predicted molar refractivity (Wildman–Crippen MR) is 73.8 cm³/mol. The zero-order chi connectivity index (χ0) is 13.1. The number of benzene rings is 1. The van der Waals surface area contributed by atoms with Crippen LogP contribution in [0.25, 0.3) is 10.9 Å². The molecular formula is C14H18N4O. The topological polar surface area (TPSA) is 50.2 Å². The molecule has 1 saturated heterocycles. The van der Waals surface area contributed by atoms with Gasteiger partial charge >= 0.3 is 0 Å². The van der Waals surface area contributed by atoms with E-state index >= 15 is 0 Å². The number of para-hydroxylation sites is 1. The smallest absolute Gasteiger partial charge is 0.224 e. The van der Waals surface area contributed by atoms with Crippen LogP contribution in [0.1, 0.15) is 6.42 Å². The summed E-state index contributed by atoms with van der Waals surface area (Å²) in [5.41, 5.74) is 1.09. The molecule has 0 unspecified atom stereocenters. The number of carbonyl (C=O) groups excluding carboxylic acids is 1. The van der Waals surface area contributed by atoms with Crippen molar-refractivity contribution in [2.24, 2.45) is 0 Å². The van der Waals surface area contributed by atoms with Gasteiger partial charge in [-0.2, -0.15) is 5.10 Å². The third-order valence-corrected chi connectivity index (χ3v) is 3.56. The molecule has 0 aliphatic carbocycles. The lowest BCUT2D eigenvalue weighted by molar-refractivity contribution is -0.132. The molecule has 1 aromatic heterocycles. The van der Waals surface area contributed by atoms with Gasteiger partial charge in [-0.25, -0.2) is 0 Å². The van der Waals surface area contributed by atoms with Gasteiger partial charge in [-0.1, -0.05) is 18.2 Å². The van der Waals surface area contributed by atoms with E-state index in [1.807, 2.05) is 40.0 Å². The van der Waals surface area contributed by atoms with Crippen molar-refractivity contribution >= 4 is 16.8 Å². The Labute approximate surface area is 112 Å². The maximum atomic E-state index is 12.1. The van der Waals surface area contributed by atoms with E-state index in [-0.39, 0.29) is 5.91 Å². The maximum absolute atomic E-state index is 12.1. The highest BCUT2D eigenvalue weighted by Crippen LogP contribution is 2.13. The normalized spacial score (nSPS) is 15.9. The molecule has 1 aliphatic rings. The first-order chi connectivity index (χ1) is 9.34. The largest absolute Gasteiger partial charge is 0.340 e. The summed E-state index contributed by atoms with van der Waals surface area (Å²) in [6, 6.07) is 8.08. The van der Waals surface area contributed by atoms with Crippen molar-refractivity contribution in [3.8, 4) is 0 Å². The highest BCUT2D eigenvalue weighted by molar-refractivity contribution is 5.79. The number of nitrogens with one attached hydrogen (secondary N) is 1. The van der Waals surface area contributed by atoms with Crippen molar-refractivity contribution in [3.05, 3.63) is 30.5 Å². The molecule has 1 N–H and O–H groups in total. The van der Waals surface area contributed by atoms with Crippen molar-refractivity contribution < 1.29 is 4.79 Å².